The lowest BCUT2D eigenvalue weighted by Crippen LogP contribution is -2.20. The Kier molecular flexibility index (Phi) is 6.39. The van der Waals surface area contributed by atoms with Crippen molar-refractivity contribution < 1.29 is 14.6 Å². The van der Waals surface area contributed by atoms with Gasteiger partial charge in [-0.05, 0) is 31.5 Å². The molecule has 0 saturated heterocycles. The van der Waals surface area contributed by atoms with Crippen LogP contribution in [0.3, 0.4) is 0 Å². The van der Waals surface area contributed by atoms with E-state index in [4.69, 9.17) is 14.6 Å². The van der Waals surface area contributed by atoms with E-state index in [1.165, 1.54) is 0 Å². The molecule has 0 fully saturated rings. The van der Waals surface area contributed by atoms with Crippen molar-refractivity contribution in [2.75, 3.05) is 26.9 Å². The molecule has 1 unspecified atom stereocenters. The summed E-state index contributed by atoms with van der Waals surface area (Å²) in [5.74, 6) is 1.32. The molecule has 1 aromatic carbocycles. The Hall–Kier alpha value is -1.52. The maximum atomic E-state index is 8.77. The van der Waals surface area contributed by atoms with E-state index >= 15 is 0 Å². The van der Waals surface area contributed by atoms with Gasteiger partial charge in [0.15, 0.2) is 11.5 Å². The monoisotopic (exact) mass is 265 g/mol. The quantitative estimate of drug-likeness (QED) is 0.708. The molecule has 0 amide bonds. The summed E-state index contributed by atoms with van der Waals surface area (Å²) in [6.45, 7) is 8.99. The van der Waals surface area contributed by atoms with Crippen molar-refractivity contribution in [3.05, 3.63) is 35.9 Å². The first-order valence-electron chi connectivity index (χ1n) is 6.37. The van der Waals surface area contributed by atoms with Gasteiger partial charge in [0.25, 0.3) is 0 Å². The standard InChI is InChI=1S/C15H23NO3/c1-11(2)10-16-12(3)13-5-6-14(19-8-7-17)15(9-13)18-4/h5-6,9,12,16-17H,1,7-8,10H2,2-4H3. The van der Waals surface area contributed by atoms with Crippen molar-refractivity contribution >= 4 is 0 Å². The number of hydrogen-bond acceptors (Lipinski definition) is 4. The fraction of sp³-hybridized carbons (Fsp3) is 0.467. The predicted molar refractivity (Wildman–Crippen MR) is 76.8 cm³/mol. The molecule has 1 aromatic rings. The number of nitrogens with one attached hydrogen (secondary N) is 1. The van der Waals surface area contributed by atoms with Gasteiger partial charge in [0.05, 0.1) is 13.7 Å². The highest BCUT2D eigenvalue weighted by molar-refractivity contribution is 5.43. The van der Waals surface area contributed by atoms with Crippen LogP contribution in [0.25, 0.3) is 0 Å². The van der Waals surface area contributed by atoms with Crippen LogP contribution in [0.4, 0.5) is 0 Å². The van der Waals surface area contributed by atoms with Crippen LogP contribution in [-0.2, 0) is 0 Å². The number of rotatable bonds is 8. The third-order valence-electron chi connectivity index (χ3n) is 2.75. The van der Waals surface area contributed by atoms with Crippen LogP contribution >= 0.6 is 0 Å². The molecule has 0 radical (unpaired) electrons. The number of methoxy groups -OCH3 is 1. The van der Waals surface area contributed by atoms with Crippen LogP contribution < -0.4 is 14.8 Å². The minimum Gasteiger partial charge on any atom is -0.493 e. The average molecular weight is 265 g/mol. The fourth-order valence-corrected chi connectivity index (χ4v) is 1.67. The molecule has 0 saturated carbocycles. The molecule has 1 rings (SSSR count). The van der Waals surface area contributed by atoms with Gasteiger partial charge >= 0.3 is 0 Å². The number of aliphatic hydroxyl groups is 1. The van der Waals surface area contributed by atoms with Crippen LogP contribution in [0.1, 0.15) is 25.5 Å². The molecule has 4 heteroatoms. The minimum atomic E-state index is -0.0124. The van der Waals surface area contributed by atoms with Crippen molar-refractivity contribution in [2.45, 2.75) is 19.9 Å². The summed E-state index contributed by atoms with van der Waals surface area (Å²) >= 11 is 0. The van der Waals surface area contributed by atoms with Crippen LogP contribution in [0.2, 0.25) is 0 Å². The van der Waals surface area contributed by atoms with E-state index in [0.717, 1.165) is 17.7 Å². The molecular formula is C15H23NO3. The van der Waals surface area contributed by atoms with Gasteiger partial charge in [-0.3, -0.25) is 0 Å². The maximum absolute atomic E-state index is 8.77. The molecule has 2 N–H and O–H groups in total. The fourth-order valence-electron chi connectivity index (χ4n) is 1.67. The third-order valence-corrected chi connectivity index (χ3v) is 2.75. The number of benzene rings is 1. The van der Waals surface area contributed by atoms with Crippen molar-refractivity contribution in [2.24, 2.45) is 0 Å². The van der Waals surface area contributed by atoms with E-state index in [-0.39, 0.29) is 19.3 Å². The topological polar surface area (TPSA) is 50.7 Å². The molecule has 1 atom stereocenters. The highest BCUT2D eigenvalue weighted by atomic mass is 16.5. The molecular weight excluding hydrogens is 242 g/mol. The average Bonchev–Trinajstić information content (AvgIpc) is 2.42. The summed E-state index contributed by atoms with van der Waals surface area (Å²) in [5.41, 5.74) is 2.22. The molecule has 19 heavy (non-hydrogen) atoms. The van der Waals surface area contributed by atoms with Gasteiger partial charge in [0.1, 0.15) is 6.61 Å². The van der Waals surface area contributed by atoms with E-state index in [1.54, 1.807) is 7.11 Å². The Morgan fingerprint density at radius 2 is 2.16 bits per heavy atom. The molecule has 4 nitrogen and oxygen atoms in total. The minimum absolute atomic E-state index is 0.0124. The van der Waals surface area contributed by atoms with Crippen LogP contribution in [-0.4, -0.2) is 32.0 Å². The molecule has 0 spiro atoms. The second-order valence-corrected chi connectivity index (χ2v) is 4.54. The second kappa shape index (κ2) is 7.81. The molecule has 0 heterocycles. The molecule has 0 aliphatic heterocycles. The Bertz CT molecular complexity index is 418. The summed E-state index contributed by atoms with van der Waals surface area (Å²) in [4.78, 5) is 0. The number of aliphatic hydroxyl groups excluding tert-OH is 1. The predicted octanol–water partition coefficient (Wildman–Crippen LogP) is 2.29. The summed E-state index contributed by atoms with van der Waals surface area (Å²) in [6, 6.07) is 6.01. The summed E-state index contributed by atoms with van der Waals surface area (Å²) < 4.78 is 10.7. The van der Waals surface area contributed by atoms with E-state index < -0.39 is 0 Å². The summed E-state index contributed by atoms with van der Waals surface area (Å²) in [6.07, 6.45) is 0. The first-order chi connectivity index (χ1) is 9.08. The van der Waals surface area contributed by atoms with Crippen molar-refractivity contribution in [3.63, 3.8) is 0 Å². The van der Waals surface area contributed by atoms with Gasteiger partial charge < -0.3 is 19.9 Å². The van der Waals surface area contributed by atoms with E-state index in [1.807, 2.05) is 25.1 Å². The van der Waals surface area contributed by atoms with Gasteiger partial charge in [-0.1, -0.05) is 18.2 Å². The van der Waals surface area contributed by atoms with E-state index in [0.29, 0.717) is 11.5 Å². The number of ether oxygens (including phenoxy) is 2. The molecule has 0 bridgehead atoms. The summed E-state index contributed by atoms with van der Waals surface area (Å²) in [7, 11) is 1.61. The first-order valence-corrected chi connectivity index (χ1v) is 6.37. The van der Waals surface area contributed by atoms with Gasteiger partial charge in [0, 0.05) is 12.6 Å². The SMILES string of the molecule is C=C(C)CNC(C)c1ccc(OCCO)c(OC)c1. The lowest BCUT2D eigenvalue weighted by Gasteiger charge is -2.17. The molecule has 0 aliphatic rings. The zero-order valence-corrected chi connectivity index (χ0v) is 11.9. The number of hydrogen-bond donors (Lipinski definition) is 2. The molecule has 0 aliphatic carbocycles. The van der Waals surface area contributed by atoms with Gasteiger partial charge in [-0.2, -0.15) is 0 Å². The normalized spacial score (nSPS) is 12.0. The van der Waals surface area contributed by atoms with Crippen molar-refractivity contribution in [3.8, 4) is 11.5 Å². The highest BCUT2D eigenvalue weighted by Gasteiger charge is 2.10. The third kappa shape index (κ3) is 4.93. The van der Waals surface area contributed by atoms with Crippen LogP contribution in [0.5, 0.6) is 11.5 Å². The van der Waals surface area contributed by atoms with Crippen molar-refractivity contribution in [1.29, 1.82) is 0 Å². The van der Waals surface area contributed by atoms with Crippen molar-refractivity contribution in [1.82, 2.24) is 5.32 Å². The first kappa shape index (κ1) is 15.5. The molecule has 106 valence electrons. The smallest absolute Gasteiger partial charge is 0.161 e. The Balaban J connectivity index is 2.77. The Morgan fingerprint density at radius 1 is 1.42 bits per heavy atom. The Labute approximate surface area is 115 Å². The van der Waals surface area contributed by atoms with E-state index in [9.17, 15) is 0 Å². The van der Waals surface area contributed by atoms with Crippen LogP contribution in [0, 0.1) is 0 Å². The second-order valence-electron chi connectivity index (χ2n) is 4.54. The lowest BCUT2D eigenvalue weighted by atomic mass is 10.1. The lowest BCUT2D eigenvalue weighted by molar-refractivity contribution is 0.196. The molecule has 0 aromatic heterocycles. The van der Waals surface area contributed by atoms with Gasteiger partial charge in [-0.25, -0.2) is 0 Å². The Morgan fingerprint density at radius 3 is 2.74 bits per heavy atom. The largest absolute Gasteiger partial charge is 0.493 e. The maximum Gasteiger partial charge on any atom is 0.161 e. The highest BCUT2D eigenvalue weighted by Crippen LogP contribution is 2.30. The van der Waals surface area contributed by atoms with E-state index in [2.05, 4.69) is 18.8 Å². The summed E-state index contributed by atoms with van der Waals surface area (Å²) in [5, 5.41) is 12.1. The zero-order valence-electron chi connectivity index (χ0n) is 11.9. The van der Waals surface area contributed by atoms with Gasteiger partial charge in [-0.15, -0.1) is 0 Å². The zero-order chi connectivity index (χ0) is 14.3. The van der Waals surface area contributed by atoms with Gasteiger partial charge in [0.2, 0.25) is 0 Å². The van der Waals surface area contributed by atoms with Crippen LogP contribution in [0.15, 0.2) is 30.4 Å².